The number of methoxy groups -OCH3 is 1. The van der Waals surface area contributed by atoms with Crippen LogP contribution in [0.1, 0.15) is 32.8 Å². The Labute approximate surface area is 140 Å². The maximum absolute atomic E-state index is 12.6. The highest BCUT2D eigenvalue weighted by molar-refractivity contribution is 6.00. The number of esters is 1. The number of carbonyl (C=O) groups is 3. The predicted molar refractivity (Wildman–Crippen MR) is 87.3 cm³/mol. The van der Waals surface area contributed by atoms with E-state index in [9.17, 15) is 14.4 Å². The number of carbonyl (C=O) groups excluding carboxylic acids is 3. The molecule has 2 amide bonds. The highest BCUT2D eigenvalue weighted by atomic mass is 16.6. The van der Waals surface area contributed by atoms with Crippen molar-refractivity contribution < 1.29 is 23.9 Å². The van der Waals surface area contributed by atoms with Crippen molar-refractivity contribution in [3.05, 3.63) is 29.8 Å². The Morgan fingerprint density at radius 3 is 2.58 bits per heavy atom. The van der Waals surface area contributed by atoms with Gasteiger partial charge in [0.2, 0.25) is 5.91 Å². The first-order chi connectivity index (χ1) is 11.2. The standard InChI is InChI=1S/C17H22N2O5/c1-17(2,3)24-16(22)19-10-11-7-5-6-8-12(11)18-15(21)13(19)9-14(20)23-4/h5-8,13H,9-10H2,1-4H3,(H,18,21). The summed E-state index contributed by atoms with van der Waals surface area (Å²) < 4.78 is 10.0. The molecule has 0 fully saturated rings. The first-order valence-corrected chi connectivity index (χ1v) is 7.66. The molecule has 2 rings (SSSR count). The lowest BCUT2D eigenvalue weighted by Crippen LogP contribution is -2.48. The lowest BCUT2D eigenvalue weighted by Gasteiger charge is -2.30. The van der Waals surface area contributed by atoms with Gasteiger partial charge in [0.05, 0.1) is 20.1 Å². The number of ether oxygens (including phenoxy) is 2. The molecule has 0 aliphatic carbocycles. The van der Waals surface area contributed by atoms with E-state index in [1.165, 1.54) is 12.0 Å². The summed E-state index contributed by atoms with van der Waals surface area (Å²) in [6.07, 6.45) is -0.890. The Balaban J connectivity index is 2.36. The number of anilines is 1. The molecule has 7 nitrogen and oxygen atoms in total. The maximum atomic E-state index is 12.6. The van der Waals surface area contributed by atoms with Crippen LogP contribution in [0.2, 0.25) is 0 Å². The Morgan fingerprint density at radius 1 is 1.29 bits per heavy atom. The third-order valence-electron chi connectivity index (χ3n) is 3.51. The van der Waals surface area contributed by atoms with E-state index >= 15 is 0 Å². The van der Waals surface area contributed by atoms with Crippen LogP contribution in [0.5, 0.6) is 0 Å². The van der Waals surface area contributed by atoms with Crippen LogP contribution in [0.3, 0.4) is 0 Å². The monoisotopic (exact) mass is 334 g/mol. The number of para-hydroxylation sites is 1. The van der Waals surface area contributed by atoms with Gasteiger partial charge < -0.3 is 14.8 Å². The summed E-state index contributed by atoms with van der Waals surface area (Å²) in [6.45, 7) is 5.38. The number of hydrogen-bond acceptors (Lipinski definition) is 5. The van der Waals surface area contributed by atoms with Crippen LogP contribution in [0.25, 0.3) is 0 Å². The first kappa shape index (κ1) is 17.8. The average molecular weight is 334 g/mol. The zero-order valence-electron chi connectivity index (χ0n) is 14.3. The van der Waals surface area contributed by atoms with E-state index in [0.717, 1.165) is 5.56 Å². The second-order valence-electron chi connectivity index (χ2n) is 6.55. The quantitative estimate of drug-likeness (QED) is 0.839. The largest absolute Gasteiger partial charge is 0.469 e. The van der Waals surface area contributed by atoms with E-state index in [0.29, 0.717) is 5.69 Å². The molecule has 24 heavy (non-hydrogen) atoms. The van der Waals surface area contributed by atoms with E-state index in [1.54, 1.807) is 32.9 Å². The molecular weight excluding hydrogens is 312 g/mol. The number of hydrogen-bond donors (Lipinski definition) is 1. The van der Waals surface area contributed by atoms with Crippen molar-refractivity contribution in [1.82, 2.24) is 4.90 Å². The average Bonchev–Trinajstić information content (AvgIpc) is 2.62. The summed E-state index contributed by atoms with van der Waals surface area (Å²) in [5.74, 6) is -1.02. The summed E-state index contributed by atoms with van der Waals surface area (Å²) in [6, 6.07) is 6.17. The lowest BCUT2D eigenvalue weighted by atomic mass is 10.1. The van der Waals surface area contributed by atoms with Gasteiger partial charge in [0.25, 0.3) is 0 Å². The van der Waals surface area contributed by atoms with Crippen LogP contribution in [0.4, 0.5) is 10.5 Å². The van der Waals surface area contributed by atoms with Gasteiger partial charge in [-0.3, -0.25) is 14.5 Å². The summed E-state index contributed by atoms with van der Waals surface area (Å²) in [5, 5.41) is 2.75. The smallest absolute Gasteiger partial charge is 0.411 e. The molecule has 1 unspecified atom stereocenters. The molecular formula is C17H22N2O5. The van der Waals surface area contributed by atoms with E-state index in [1.807, 2.05) is 12.1 Å². The molecule has 0 bridgehead atoms. The zero-order chi connectivity index (χ0) is 17.9. The number of fused-ring (bicyclic) bond motifs is 1. The highest BCUT2D eigenvalue weighted by Crippen LogP contribution is 2.26. The Hall–Kier alpha value is -2.57. The topological polar surface area (TPSA) is 84.9 Å². The molecule has 1 N–H and O–H groups in total. The fourth-order valence-corrected chi connectivity index (χ4v) is 2.39. The van der Waals surface area contributed by atoms with E-state index < -0.39 is 29.6 Å². The normalized spacial score (nSPS) is 17.4. The summed E-state index contributed by atoms with van der Waals surface area (Å²) in [4.78, 5) is 38.1. The molecule has 0 saturated carbocycles. The Morgan fingerprint density at radius 2 is 1.96 bits per heavy atom. The van der Waals surface area contributed by atoms with Crippen molar-refractivity contribution in [1.29, 1.82) is 0 Å². The number of nitrogens with zero attached hydrogens (tertiary/aromatic N) is 1. The molecule has 1 aliphatic heterocycles. The number of amides is 2. The zero-order valence-corrected chi connectivity index (χ0v) is 14.3. The molecule has 130 valence electrons. The first-order valence-electron chi connectivity index (χ1n) is 7.66. The van der Waals surface area contributed by atoms with Crippen molar-refractivity contribution in [2.24, 2.45) is 0 Å². The van der Waals surface area contributed by atoms with Crippen LogP contribution in [0, 0.1) is 0 Å². The maximum Gasteiger partial charge on any atom is 0.411 e. The fraction of sp³-hybridized carbons (Fsp3) is 0.471. The SMILES string of the molecule is COC(=O)CC1C(=O)Nc2ccccc2CN1C(=O)OC(C)(C)C. The number of rotatable bonds is 2. The van der Waals surface area contributed by atoms with Crippen LogP contribution < -0.4 is 5.32 Å². The molecule has 0 spiro atoms. The van der Waals surface area contributed by atoms with Crippen molar-refractivity contribution in [2.45, 2.75) is 45.4 Å². The van der Waals surface area contributed by atoms with E-state index in [2.05, 4.69) is 10.1 Å². The lowest BCUT2D eigenvalue weighted by molar-refractivity contribution is -0.144. The predicted octanol–water partition coefficient (Wildman–Crippen LogP) is 2.31. The molecule has 1 heterocycles. The Kier molecular flexibility index (Phi) is 5.11. The van der Waals surface area contributed by atoms with Gasteiger partial charge in [0.15, 0.2) is 0 Å². The van der Waals surface area contributed by atoms with Gasteiger partial charge in [0.1, 0.15) is 11.6 Å². The van der Waals surface area contributed by atoms with Gasteiger partial charge in [-0.05, 0) is 32.4 Å². The minimum Gasteiger partial charge on any atom is -0.469 e. The minimum atomic E-state index is -1.00. The van der Waals surface area contributed by atoms with Gasteiger partial charge in [0, 0.05) is 5.69 Å². The van der Waals surface area contributed by atoms with Crippen LogP contribution >= 0.6 is 0 Å². The third kappa shape index (κ3) is 4.24. The highest BCUT2D eigenvalue weighted by Gasteiger charge is 2.37. The van der Waals surface area contributed by atoms with E-state index in [-0.39, 0.29) is 13.0 Å². The molecule has 1 aromatic carbocycles. The minimum absolute atomic E-state index is 0.158. The fourth-order valence-electron chi connectivity index (χ4n) is 2.39. The van der Waals surface area contributed by atoms with Crippen molar-refractivity contribution in [3.63, 3.8) is 0 Å². The molecule has 1 aliphatic rings. The molecule has 0 aromatic heterocycles. The van der Waals surface area contributed by atoms with Crippen molar-refractivity contribution in [2.75, 3.05) is 12.4 Å². The van der Waals surface area contributed by atoms with Crippen LogP contribution in [-0.2, 0) is 25.6 Å². The number of benzene rings is 1. The van der Waals surface area contributed by atoms with Gasteiger partial charge >= 0.3 is 12.1 Å². The van der Waals surface area contributed by atoms with Crippen molar-refractivity contribution in [3.8, 4) is 0 Å². The third-order valence-corrected chi connectivity index (χ3v) is 3.51. The van der Waals surface area contributed by atoms with Crippen LogP contribution in [0.15, 0.2) is 24.3 Å². The number of nitrogens with one attached hydrogen (secondary N) is 1. The summed E-state index contributed by atoms with van der Waals surface area (Å²) in [7, 11) is 1.24. The molecule has 1 atom stereocenters. The second kappa shape index (κ2) is 6.90. The van der Waals surface area contributed by atoms with Gasteiger partial charge in [-0.2, -0.15) is 0 Å². The van der Waals surface area contributed by atoms with Gasteiger partial charge in [-0.15, -0.1) is 0 Å². The molecule has 0 saturated heterocycles. The Bertz CT molecular complexity index is 651. The molecule has 7 heteroatoms. The van der Waals surface area contributed by atoms with E-state index in [4.69, 9.17) is 4.74 Å². The second-order valence-corrected chi connectivity index (χ2v) is 6.55. The molecule has 0 radical (unpaired) electrons. The van der Waals surface area contributed by atoms with Crippen LogP contribution in [-0.4, -0.2) is 41.6 Å². The molecule has 1 aromatic rings. The van der Waals surface area contributed by atoms with Crippen molar-refractivity contribution >= 4 is 23.7 Å². The summed E-state index contributed by atoms with van der Waals surface area (Å²) >= 11 is 0. The summed E-state index contributed by atoms with van der Waals surface area (Å²) in [5.41, 5.74) is 0.669. The van der Waals surface area contributed by atoms with Gasteiger partial charge in [-0.1, -0.05) is 18.2 Å². The van der Waals surface area contributed by atoms with Gasteiger partial charge in [-0.25, -0.2) is 4.79 Å².